The highest BCUT2D eigenvalue weighted by Crippen LogP contribution is 2.20. The zero-order chi connectivity index (χ0) is 12.2. The van der Waals surface area contributed by atoms with Crippen molar-refractivity contribution in [3.05, 3.63) is 23.8 Å². The summed E-state index contributed by atoms with van der Waals surface area (Å²) in [5.41, 5.74) is 1.05. The highest BCUT2D eigenvalue weighted by molar-refractivity contribution is 7.92. The molecule has 2 N–H and O–H groups in total. The number of aryl methyl sites for hydroxylation is 1. The van der Waals surface area contributed by atoms with Crippen LogP contribution in [0.25, 0.3) is 0 Å². The third-order valence-electron chi connectivity index (χ3n) is 2.03. The van der Waals surface area contributed by atoms with Gasteiger partial charge in [-0.1, -0.05) is 0 Å². The summed E-state index contributed by atoms with van der Waals surface area (Å²) in [7, 11) is -1.94. The SMILES string of the molecule is COCCS(=O)(=O)Nc1ccc(O)c(C)c1. The monoisotopic (exact) mass is 245 g/mol. The molecule has 16 heavy (non-hydrogen) atoms. The van der Waals surface area contributed by atoms with Gasteiger partial charge in [0.15, 0.2) is 0 Å². The van der Waals surface area contributed by atoms with Crippen molar-refractivity contribution in [2.24, 2.45) is 0 Å². The van der Waals surface area contributed by atoms with Crippen molar-refractivity contribution in [2.45, 2.75) is 6.92 Å². The maximum Gasteiger partial charge on any atom is 0.234 e. The van der Waals surface area contributed by atoms with Crippen LogP contribution < -0.4 is 4.72 Å². The summed E-state index contributed by atoms with van der Waals surface area (Å²) in [4.78, 5) is 0. The fourth-order valence-electron chi connectivity index (χ4n) is 1.14. The van der Waals surface area contributed by atoms with Gasteiger partial charge in [-0.3, -0.25) is 4.72 Å². The minimum Gasteiger partial charge on any atom is -0.508 e. The number of phenols is 1. The summed E-state index contributed by atoms with van der Waals surface area (Å²) in [6.45, 7) is 1.84. The van der Waals surface area contributed by atoms with Crippen molar-refractivity contribution in [3.63, 3.8) is 0 Å². The highest BCUT2D eigenvalue weighted by atomic mass is 32.2. The number of hydrogen-bond donors (Lipinski definition) is 2. The minimum absolute atomic E-state index is 0.0938. The number of benzene rings is 1. The van der Waals surface area contributed by atoms with Crippen LogP contribution >= 0.6 is 0 Å². The Morgan fingerprint density at radius 1 is 1.44 bits per heavy atom. The van der Waals surface area contributed by atoms with E-state index in [0.29, 0.717) is 11.3 Å². The fraction of sp³-hybridized carbons (Fsp3) is 0.400. The lowest BCUT2D eigenvalue weighted by atomic mass is 10.2. The van der Waals surface area contributed by atoms with Crippen LogP contribution in [0.1, 0.15) is 5.56 Å². The summed E-state index contributed by atoms with van der Waals surface area (Å²) in [6, 6.07) is 4.52. The number of nitrogens with one attached hydrogen (secondary N) is 1. The van der Waals surface area contributed by atoms with Crippen molar-refractivity contribution >= 4 is 15.7 Å². The maximum absolute atomic E-state index is 11.5. The van der Waals surface area contributed by atoms with Gasteiger partial charge in [0.05, 0.1) is 12.4 Å². The molecule has 0 unspecified atom stereocenters. The molecule has 0 atom stereocenters. The molecule has 0 heterocycles. The predicted molar refractivity (Wildman–Crippen MR) is 62.1 cm³/mol. The molecule has 90 valence electrons. The summed E-state index contributed by atoms with van der Waals surface area (Å²) in [5, 5.41) is 9.29. The van der Waals surface area contributed by atoms with Gasteiger partial charge >= 0.3 is 0 Å². The van der Waals surface area contributed by atoms with E-state index >= 15 is 0 Å². The minimum atomic E-state index is -3.38. The standard InChI is InChI=1S/C10H15NO4S/c1-8-7-9(3-4-10(8)12)11-16(13,14)6-5-15-2/h3-4,7,11-12H,5-6H2,1-2H3. The third-order valence-corrected chi connectivity index (χ3v) is 3.28. The van der Waals surface area contributed by atoms with Crippen molar-refractivity contribution < 1.29 is 18.3 Å². The Morgan fingerprint density at radius 2 is 2.12 bits per heavy atom. The lowest BCUT2D eigenvalue weighted by Crippen LogP contribution is -2.19. The molecule has 0 amide bonds. The van der Waals surface area contributed by atoms with Crippen LogP contribution in [0.2, 0.25) is 0 Å². The van der Waals surface area contributed by atoms with Crippen molar-refractivity contribution in [2.75, 3.05) is 24.2 Å². The Balaban J connectivity index is 2.76. The summed E-state index contributed by atoms with van der Waals surface area (Å²) >= 11 is 0. The lowest BCUT2D eigenvalue weighted by Gasteiger charge is -2.08. The van der Waals surface area contributed by atoms with Crippen molar-refractivity contribution in [3.8, 4) is 5.75 Å². The number of aromatic hydroxyl groups is 1. The van der Waals surface area contributed by atoms with Gasteiger partial charge in [0.1, 0.15) is 5.75 Å². The zero-order valence-corrected chi connectivity index (χ0v) is 10.0. The molecule has 0 saturated heterocycles. The molecule has 0 aliphatic heterocycles. The molecule has 6 heteroatoms. The smallest absolute Gasteiger partial charge is 0.234 e. The largest absolute Gasteiger partial charge is 0.508 e. The number of sulfonamides is 1. The molecule has 5 nitrogen and oxygen atoms in total. The average Bonchev–Trinajstić information content (AvgIpc) is 2.20. The topological polar surface area (TPSA) is 75.6 Å². The van der Waals surface area contributed by atoms with E-state index in [1.54, 1.807) is 13.0 Å². The maximum atomic E-state index is 11.5. The molecule has 0 saturated carbocycles. The summed E-state index contributed by atoms with van der Waals surface area (Å²) < 4.78 is 30.1. The van der Waals surface area contributed by atoms with Crippen LogP contribution in [0.15, 0.2) is 18.2 Å². The van der Waals surface area contributed by atoms with E-state index in [4.69, 9.17) is 4.74 Å². The third kappa shape index (κ3) is 3.71. The first-order valence-corrected chi connectivity index (χ1v) is 6.39. The molecule has 0 radical (unpaired) electrons. The predicted octanol–water partition coefficient (Wildman–Crippen LogP) is 1.09. The highest BCUT2D eigenvalue weighted by Gasteiger charge is 2.10. The van der Waals surface area contributed by atoms with Crippen LogP contribution in [0.5, 0.6) is 5.75 Å². The van der Waals surface area contributed by atoms with Crippen LogP contribution in [0.3, 0.4) is 0 Å². The second-order valence-corrected chi connectivity index (χ2v) is 5.26. The Hall–Kier alpha value is -1.27. The van der Waals surface area contributed by atoms with Crippen LogP contribution in [0.4, 0.5) is 5.69 Å². The quantitative estimate of drug-likeness (QED) is 0.761. The lowest BCUT2D eigenvalue weighted by molar-refractivity contribution is 0.217. The van der Waals surface area contributed by atoms with Crippen molar-refractivity contribution in [1.29, 1.82) is 0 Å². The molecular formula is C10H15NO4S. The van der Waals surface area contributed by atoms with Gasteiger partial charge < -0.3 is 9.84 Å². The Kier molecular flexibility index (Phi) is 4.14. The van der Waals surface area contributed by atoms with Crippen molar-refractivity contribution in [1.82, 2.24) is 0 Å². The normalized spacial score (nSPS) is 11.4. The fourth-order valence-corrected chi connectivity index (χ4v) is 2.12. The van der Waals surface area contributed by atoms with E-state index in [9.17, 15) is 13.5 Å². The number of hydrogen-bond acceptors (Lipinski definition) is 4. The van der Waals surface area contributed by atoms with Gasteiger partial charge in [-0.05, 0) is 30.7 Å². The van der Waals surface area contributed by atoms with Gasteiger partial charge in [0, 0.05) is 12.8 Å². The molecule has 0 aromatic heterocycles. The molecule has 0 fully saturated rings. The molecule has 0 aliphatic rings. The summed E-state index contributed by atoms with van der Waals surface area (Å²) in [6.07, 6.45) is 0. The molecule has 1 aromatic carbocycles. The van der Waals surface area contributed by atoms with E-state index in [1.165, 1.54) is 19.2 Å². The van der Waals surface area contributed by atoms with Crippen LogP contribution in [-0.2, 0) is 14.8 Å². The first kappa shape index (κ1) is 12.8. The van der Waals surface area contributed by atoms with E-state index in [0.717, 1.165) is 0 Å². The zero-order valence-electron chi connectivity index (χ0n) is 9.23. The Morgan fingerprint density at radius 3 is 2.69 bits per heavy atom. The first-order chi connectivity index (χ1) is 7.44. The second kappa shape index (κ2) is 5.18. The van der Waals surface area contributed by atoms with Gasteiger partial charge in [-0.25, -0.2) is 8.42 Å². The molecule has 0 bridgehead atoms. The summed E-state index contributed by atoms with van der Waals surface area (Å²) in [5.74, 6) is 0.0449. The van der Waals surface area contributed by atoms with E-state index in [1.807, 2.05) is 0 Å². The number of anilines is 1. The van der Waals surface area contributed by atoms with Crippen LogP contribution in [0, 0.1) is 6.92 Å². The number of methoxy groups -OCH3 is 1. The van der Waals surface area contributed by atoms with E-state index in [-0.39, 0.29) is 18.1 Å². The van der Waals surface area contributed by atoms with E-state index in [2.05, 4.69) is 4.72 Å². The molecule has 0 aliphatic carbocycles. The molecule has 1 aromatic rings. The van der Waals surface area contributed by atoms with E-state index < -0.39 is 10.0 Å². The number of rotatable bonds is 5. The van der Waals surface area contributed by atoms with Crippen LogP contribution in [-0.4, -0.2) is 33.0 Å². The number of ether oxygens (including phenoxy) is 1. The first-order valence-electron chi connectivity index (χ1n) is 4.73. The van der Waals surface area contributed by atoms with Gasteiger partial charge in [-0.2, -0.15) is 0 Å². The molecule has 0 spiro atoms. The number of phenolic OH excluding ortho intramolecular Hbond substituents is 1. The Labute approximate surface area is 95.1 Å². The Bertz CT molecular complexity index is 456. The molecule has 1 rings (SSSR count). The second-order valence-electron chi connectivity index (χ2n) is 3.41. The van der Waals surface area contributed by atoms with Gasteiger partial charge in [0.25, 0.3) is 0 Å². The molecular weight excluding hydrogens is 230 g/mol. The average molecular weight is 245 g/mol. The van der Waals surface area contributed by atoms with Gasteiger partial charge in [-0.15, -0.1) is 0 Å². The van der Waals surface area contributed by atoms with Gasteiger partial charge in [0.2, 0.25) is 10.0 Å².